The molecule has 1 amide bonds. The summed E-state index contributed by atoms with van der Waals surface area (Å²) in [6.45, 7) is 6.70. The molecule has 0 saturated heterocycles. The number of unbranched alkanes of at least 4 members (excludes halogenated alkanes) is 3. The van der Waals surface area contributed by atoms with Gasteiger partial charge in [-0.3, -0.25) is 0 Å². The molecule has 0 bridgehead atoms. The second-order valence-corrected chi connectivity index (χ2v) is 17.5. The summed E-state index contributed by atoms with van der Waals surface area (Å²) in [6.07, 6.45) is 7.52. The Balaban J connectivity index is 4.86. The van der Waals surface area contributed by atoms with Crippen LogP contribution in [0.5, 0.6) is 0 Å². The quantitative estimate of drug-likeness (QED) is 0.494. The fourth-order valence-corrected chi connectivity index (χ4v) is 15.4. The number of rotatable bonds is 9. The number of carbonyl (C=O) groups is 1. The molecule has 104 valence electrons. The molecule has 2 nitrogen and oxygen atoms in total. The molecule has 0 aliphatic heterocycles. The minimum atomic E-state index is -2.41. The van der Waals surface area contributed by atoms with E-state index in [4.69, 9.17) is 5.73 Å². The Morgan fingerprint density at radius 1 is 0.944 bits per heavy atom. The van der Waals surface area contributed by atoms with Crippen LogP contribution in [0.3, 0.4) is 0 Å². The van der Waals surface area contributed by atoms with Crippen LogP contribution in [0.25, 0.3) is 0 Å². The number of primary amides is 1. The van der Waals surface area contributed by atoms with Gasteiger partial charge in [0, 0.05) is 0 Å². The average molecular weight is 358 g/mol. The van der Waals surface area contributed by atoms with Gasteiger partial charge in [-0.15, -0.1) is 0 Å². The summed E-state index contributed by atoms with van der Waals surface area (Å²) >= 11 is -2.41. The van der Waals surface area contributed by atoms with Crippen LogP contribution in [0.2, 0.25) is 13.3 Å². The van der Waals surface area contributed by atoms with E-state index in [1.165, 1.54) is 51.8 Å². The Morgan fingerprint density at radius 2 is 1.33 bits per heavy atom. The van der Waals surface area contributed by atoms with Crippen LogP contribution in [0.15, 0.2) is 0 Å². The van der Waals surface area contributed by atoms with E-state index in [1.54, 1.807) is 0 Å². The molecule has 0 radical (unpaired) electrons. The first-order valence-corrected chi connectivity index (χ1v) is 14.9. The normalized spacial score (nSPS) is 10.8. The van der Waals surface area contributed by atoms with E-state index in [-0.39, 0.29) is 0 Å². The van der Waals surface area contributed by atoms with E-state index in [2.05, 4.69) is 30.6 Å². The molecule has 0 atom stereocenters. The fraction of sp³-hybridized carbons (Fsp3) is 0.800. The van der Waals surface area contributed by atoms with Crippen molar-refractivity contribution in [3.63, 3.8) is 0 Å². The van der Waals surface area contributed by atoms with Crippen LogP contribution < -0.4 is 5.73 Å². The fourth-order valence-electron chi connectivity index (χ4n) is 2.30. The van der Waals surface area contributed by atoms with Gasteiger partial charge in [0.2, 0.25) is 0 Å². The second-order valence-electron chi connectivity index (χ2n) is 5.21. The number of amides is 1. The third-order valence-electron chi connectivity index (χ3n) is 3.48. The second kappa shape index (κ2) is 10.7. The van der Waals surface area contributed by atoms with Gasteiger partial charge in [0.25, 0.3) is 0 Å². The number of nitrogens with two attached hydrogens (primary N) is 1. The van der Waals surface area contributed by atoms with E-state index < -0.39 is 24.3 Å². The summed E-state index contributed by atoms with van der Waals surface area (Å²) in [7, 11) is 0. The molecular formula is C15H29NOSn. The van der Waals surface area contributed by atoms with Gasteiger partial charge in [-0.1, -0.05) is 0 Å². The SMILES string of the molecule is CCC[CH2][Sn]([C]#CC(N)=O)([CH2]CCC)[CH2]CCC. The predicted octanol–water partition coefficient (Wildman–Crippen LogP) is 3.86. The maximum atomic E-state index is 10.9. The van der Waals surface area contributed by atoms with Gasteiger partial charge in [-0.05, 0) is 0 Å². The van der Waals surface area contributed by atoms with Gasteiger partial charge in [0.1, 0.15) is 0 Å². The molecule has 18 heavy (non-hydrogen) atoms. The van der Waals surface area contributed by atoms with Gasteiger partial charge in [0.15, 0.2) is 0 Å². The first kappa shape index (κ1) is 17.8. The Kier molecular flexibility index (Phi) is 10.6. The van der Waals surface area contributed by atoms with E-state index in [9.17, 15) is 4.79 Å². The number of carbonyl (C=O) groups excluding carboxylic acids is 1. The summed E-state index contributed by atoms with van der Waals surface area (Å²) in [5.41, 5.74) is 5.21. The standard InChI is InChI=1S/3C4H9.C3H2NO.Sn/c3*1-3-4-2;1-2-3(4)5;/h3*1,3-4H2,2H3;(H2,4,5);. The van der Waals surface area contributed by atoms with Gasteiger partial charge < -0.3 is 0 Å². The van der Waals surface area contributed by atoms with E-state index in [0.29, 0.717) is 0 Å². The molecule has 0 aromatic rings. The summed E-state index contributed by atoms with van der Waals surface area (Å²) in [6, 6.07) is 0. The Hall–Kier alpha value is -0.171. The molecule has 0 saturated carbocycles. The average Bonchev–Trinajstić information content (AvgIpc) is 2.37. The van der Waals surface area contributed by atoms with Crippen molar-refractivity contribution in [1.82, 2.24) is 0 Å². The van der Waals surface area contributed by atoms with Crippen LogP contribution in [0, 0.1) is 9.86 Å². The summed E-state index contributed by atoms with van der Waals surface area (Å²) in [5, 5.41) is 0. The molecule has 0 aromatic heterocycles. The van der Waals surface area contributed by atoms with Crippen molar-refractivity contribution in [2.24, 2.45) is 5.73 Å². The first-order chi connectivity index (χ1) is 8.60. The molecule has 0 heterocycles. The summed E-state index contributed by atoms with van der Waals surface area (Å²) in [5.74, 6) is 2.25. The van der Waals surface area contributed by atoms with Crippen LogP contribution in [0.4, 0.5) is 0 Å². The van der Waals surface area contributed by atoms with Crippen molar-refractivity contribution in [3.8, 4) is 9.86 Å². The van der Waals surface area contributed by atoms with Crippen LogP contribution >= 0.6 is 0 Å². The van der Waals surface area contributed by atoms with Gasteiger partial charge in [-0.25, -0.2) is 0 Å². The Morgan fingerprint density at radius 3 is 1.61 bits per heavy atom. The van der Waals surface area contributed by atoms with E-state index >= 15 is 0 Å². The van der Waals surface area contributed by atoms with E-state index in [1.807, 2.05) is 0 Å². The molecule has 0 aliphatic rings. The van der Waals surface area contributed by atoms with Crippen LogP contribution in [0.1, 0.15) is 59.3 Å². The Labute approximate surface area is 117 Å². The third-order valence-corrected chi connectivity index (χ3v) is 16.6. The van der Waals surface area contributed by atoms with Crippen molar-refractivity contribution >= 4 is 24.3 Å². The molecule has 0 unspecified atom stereocenters. The molecule has 0 aliphatic carbocycles. The topological polar surface area (TPSA) is 43.1 Å². The predicted molar refractivity (Wildman–Crippen MR) is 81.9 cm³/mol. The zero-order valence-corrected chi connectivity index (χ0v) is 15.2. The minimum absolute atomic E-state index is 0.444. The zero-order valence-electron chi connectivity index (χ0n) is 12.3. The molecule has 0 spiro atoms. The van der Waals surface area contributed by atoms with Crippen molar-refractivity contribution in [2.45, 2.75) is 72.6 Å². The molecule has 0 aromatic carbocycles. The van der Waals surface area contributed by atoms with Crippen molar-refractivity contribution in [3.05, 3.63) is 0 Å². The first-order valence-electron chi connectivity index (χ1n) is 7.42. The van der Waals surface area contributed by atoms with E-state index in [0.717, 1.165) is 0 Å². The van der Waals surface area contributed by atoms with Crippen LogP contribution in [-0.2, 0) is 4.79 Å². The van der Waals surface area contributed by atoms with Crippen molar-refractivity contribution in [2.75, 3.05) is 0 Å². The van der Waals surface area contributed by atoms with Crippen molar-refractivity contribution in [1.29, 1.82) is 0 Å². The van der Waals surface area contributed by atoms with Crippen molar-refractivity contribution < 1.29 is 4.79 Å². The number of hydrogen-bond donors (Lipinski definition) is 1. The number of hydrogen-bond acceptors (Lipinski definition) is 1. The summed E-state index contributed by atoms with van der Waals surface area (Å²) in [4.78, 5) is 10.9. The summed E-state index contributed by atoms with van der Waals surface area (Å²) < 4.78 is 7.36. The monoisotopic (exact) mass is 359 g/mol. The van der Waals surface area contributed by atoms with Crippen LogP contribution in [-0.4, -0.2) is 24.3 Å². The van der Waals surface area contributed by atoms with Gasteiger partial charge in [0.05, 0.1) is 0 Å². The molecule has 0 fully saturated rings. The Bertz CT molecular complexity index is 269. The van der Waals surface area contributed by atoms with Gasteiger partial charge >= 0.3 is 117 Å². The zero-order chi connectivity index (χ0) is 13.9. The maximum absolute atomic E-state index is 10.9. The molecule has 3 heteroatoms. The molecule has 2 N–H and O–H groups in total. The van der Waals surface area contributed by atoms with Gasteiger partial charge in [-0.2, -0.15) is 0 Å². The molecular weight excluding hydrogens is 329 g/mol. The molecule has 0 rings (SSSR count). The third kappa shape index (κ3) is 8.02.